The van der Waals surface area contributed by atoms with E-state index in [0.717, 1.165) is 37.0 Å². The Morgan fingerprint density at radius 1 is 0.264 bits per heavy atom. The highest BCUT2D eigenvalue weighted by Crippen LogP contribution is 2.57. The molecule has 0 aliphatic carbocycles. The Hall–Kier alpha value is -12.2. The van der Waals surface area contributed by atoms with E-state index in [1.807, 2.05) is 0 Å². The molecule has 0 aliphatic heterocycles. The normalized spacial score (nSPS) is 14.4. The first-order chi connectivity index (χ1) is 59.3. The van der Waals surface area contributed by atoms with Gasteiger partial charge >= 0.3 is 17.7 Å². The van der Waals surface area contributed by atoms with Crippen molar-refractivity contribution in [1.29, 1.82) is 0 Å². The molecule has 0 aliphatic rings. The second kappa shape index (κ2) is 44.7. The van der Waals surface area contributed by atoms with Crippen LogP contribution in [0.15, 0.2) is 364 Å². The van der Waals surface area contributed by atoms with Crippen molar-refractivity contribution in [1.82, 2.24) is 4.90 Å². The van der Waals surface area contributed by atoms with Crippen LogP contribution in [0.4, 0.5) is 0 Å². The van der Waals surface area contributed by atoms with Crippen LogP contribution >= 0.6 is 0 Å². The van der Waals surface area contributed by atoms with Crippen molar-refractivity contribution in [2.75, 3.05) is 13.2 Å². The van der Waals surface area contributed by atoms with Gasteiger partial charge in [-0.3, -0.25) is 38.5 Å². The molecule has 1 amide bonds. The number of nitrogens with zero attached hydrogens (tertiary/aromatic N) is 1. The monoisotopic (exact) mass is 1620 g/mol. The number of amides is 1. The molecule has 12 aromatic rings. The summed E-state index contributed by atoms with van der Waals surface area (Å²) in [5, 5.41) is 29.5. The van der Waals surface area contributed by atoms with E-state index in [1.54, 1.807) is 243 Å². The molecule has 618 valence electrons. The van der Waals surface area contributed by atoms with E-state index in [4.69, 9.17) is 28.4 Å². The van der Waals surface area contributed by atoms with Crippen LogP contribution in [0.25, 0.3) is 0 Å². The van der Waals surface area contributed by atoms with Gasteiger partial charge in [0.25, 0.3) is 0 Å². The van der Waals surface area contributed by atoms with Gasteiger partial charge < -0.3 is 38.6 Å². The van der Waals surface area contributed by atoms with Crippen LogP contribution in [0.2, 0.25) is 0 Å². The van der Waals surface area contributed by atoms with Crippen molar-refractivity contribution >= 4 is 40.6 Å². The number of carbonyl (C=O) groups excluding carboxylic acids is 7. The van der Waals surface area contributed by atoms with Gasteiger partial charge in [-0.2, -0.15) is 0 Å². The van der Waals surface area contributed by atoms with Gasteiger partial charge in [0.15, 0.2) is 59.1 Å². The Morgan fingerprint density at radius 2 is 0.455 bits per heavy atom. The number of Topliss-reactive ketones (excluding diaryl/α,β-unsaturated/α-hetero) is 6. The van der Waals surface area contributed by atoms with E-state index in [1.165, 1.54) is 153 Å². The number of ketones is 6. The second-order valence-electron chi connectivity index (χ2n) is 29.9. The molecule has 0 radical (unpaired) electrons. The molecular formula is C105H103NO15. The third-order valence-electron chi connectivity index (χ3n) is 21.4. The van der Waals surface area contributed by atoms with Gasteiger partial charge in [-0.05, 0) is 39.8 Å². The topological polar surface area (TPSA) is 219 Å². The molecule has 16 nitrogen and oxygen atoms in total. The fourth-order valence-corrected chi connectivity index (χ4v) is 15.1. The van der Waals surface area contributed by atoms with Crippen molar-refractivity contribution in [2.45, 2.75) is 151 Å². The number of unbranched alkanes of at least 4 members (excludes halogenated alkanes) is 12. The van der Waals surface area contributed by atoms with Gasteiger partial charge in [0.2, 0.25) is 5.91 Å². The van der Waals surface area contributed by atoms with Crippen LogP contribution in [0, 0.1) is 0 Å². The Balaban J connectivity index is 1.31. The van der Waals surface area contributed by atoms with Gasteiger partial charge in [-0.25, -0.2) is 0 Å². The summed E-state index contributed by atoms with van der Waals surface area (Å²) >= 11 is 0. The second-order valence-corrected chi connectivity index (χ2v) is 29.9. The molecular weight excluding hydrogens is 1520 g/mol. The van der Waals surface area contributed by atoms with E-state index in [-0.39, 0.29) is 73.2 Å². The maximum absolute atomic E-state index is 17.8. The van der Waals surface area contributed by atoms with Gasteiger partial charge in [-0.15, -0.1) is 0 Å². The van der Waals surface area contributed by atoms with Crippen molar-refractivity contribution in [3.05, 3.63) is 431 Å². The Bertz CT molecular complexity index is 4890. The number of benzene rings is 12. The van der Waals surface area contributed by atoms with Gasteiger partial charge in [0, 0.05) is 46.3 Å². The van der Waals surface area contributed by atoms with Crippen LogP contribution in [0.1, 0.15) is 229 Å². The van der Waals surface area contributed by atoms with Gasteiger partial charge in [0.1, 0.15) is 12.2 Å². The summed E-state index contributed by atoms with van der Waals surface area (Å²) in [4.78, 5) is 121. The number of hydrogen-bond donors (Lipinski definition) is 2. The molecule has 0 bridgehead atoms. The Labute approximate surface area is 708 Å². The summed E-state index contributed by atoms with van der Waals surface area (Å²) in [5.41, 5.74) is -0.325. The minimum absolute atomic E-state index is 0.00456. The summed E-state index contributed by atoms with van der Waals surface area (Å²) in [6, 6.07) is 95.6. The smallest absolute Gasteiger partial charge is 0.348 e. The number of carbonyl (C=O) groups is 7. The average molecular weight is 1620 g/mol. The van der Waals surface area contributed by atoms with Crippen LogP contribution in [-0.4, -0.2) is 86.5 Å². The van der Waals surface area contributed by atoms with Crippen molar-refractivity contribution in [3.8, 4) is 0 Å². The largest absolute Gasteiger partial charge is 0.395 e. The molecule has 0 saturated carbocycles. The summed E-state index contributed by atoms with van der Waals surface area (Å²) in [5.74, 6) is -19.4. The van der Waals surface area contributed by atoms with Crippen LogP contribution in [-0.2, 0) is 33.2 Å². The molecule has 0 spiro atoms. The number of rotatable bonds is 49. The molecule has 16 heteroatoms. The predicted octanol–water partition coefficient (Wildman–Crippen LogP) is 22.1. The van der Waals surface area contributed by atoms with E-state index >= 15 is 38.7 Å². The highest BCUT2D eigenvalue weighted by Gasteiger charge is 2.79. The van der Waals surface area contributed by atoms with Crippen molar-refractivity contribution in [2.24, 2.45) is 0 Å². The van der Waals surface area contributed by atoms with Crippen molar-refractivity contribution < 1.29 is 72.2 Å². The highest BCUT2D eigenvalue weighted by molar-refractivity contribution is 6.04. The first kappa shape index (κ1) is 88.1. The molecule has 6 atom stereocenters. The van der Waals surface area contributed by atoms with E-state index in [9.17, 15) is 5.11 Å². The average Bonchev–Trinajstić information content (AvgIpc) is 0.689. The molecule has 6 unspecified atom stereocenters. The Morgan fingerprint density at radius 3 is 0.669 bits per heavy atom. The maximum Gasteiger partial charge on any atom is 0.348 e. The number of hydrogen-bond acceptors (Lipinski definition) is 15. The molecule has 2 N–H and O–H groups in total. The fraction of sp³-hybridized carbons (Fsp3) is 0.248. The minimum atomic E-state index is -4.48. The number of aliphatic hydroxyl groups excluding tert-OH is 1. The SMILES string of the molecule is CCCCCCCCCCCCCCCC(=O)N(CCO)C(OC(C(=O)c1ccccc1)c1ccccc1)(OC(C(=O)c1ccccc1)c1ccccc1)C(OC(C(=O)c1ccccc1)c1ccccc1)(OC(C(=O)c1ccccc1)c1ccccc1)C(O)(OC(C(=O)c1ccccc1)c1ccccc1)OC(C(=O)c1ccccc1)c1ccccc1. The lowest BCUT2D eigenvalue weighted by Gasteiger charge is -2.59. The Kier molecular flexibility index (Phi) is 32.6. The first-order valence-electron chi connectivity index (χ1n) is 41.8. The lowest BCUT2D eigenvalue weighted by Crippen LogP contribution is -2.81. The predicted molar refractivity (Wildman–Crippen MR) is 466 cm³/mol. The van der Waals surface area contributed by atoms with Crippen molar-refractivity contribution in [3.63, 3.8) is 0 Å². The van der Waals surface area contributed by atoms with Crippen LogP contribution in [0.3, 0.4) is 0 Å². The lowest BCUT2D eigenvalue weighted by molar-refractivity contribution is -0.579. The van der Waals surface area contributed by atoms with Crippen LogP contribution < -0.4 is 0 Å². The molecule has 12 rings (SSSR count). The zero-order valence-corrected chi connectivity index (χ0v) is 68.1. The van der Waals surface area contributed by atoms with Gasteiger partial charge in [0.05, 0.1) is 6.61 Å². The number of aliphatic hydroxyl groups is 2. The van der Waals surface area contributed by atoms with E-state index < -0.39 is 114 Å². The molecule has 0 aromatic heterocycles. The zero-order chi connectivity index (χ0) is 84.5. The summed E-state index contributed by atoms with van der Waals surface area (Å²) in [7, 11) is 0. The molecule has 0 fully saturated rings. The van der Waals surface area contributed by atoms with Crippen LogP contribution in [0.5, 0.6) is 0 Å². The molecule has 121 heavy (non-hydrogen) atoms. The fourth-order valence-electron chi connectivity index (χ4n) is 15.1. The molecule has 0 saturated heterocycles. The lowest BCUT2D eigenvalue weighted by atomic mass is 9.93. The summed E-state index contributed by atoms with van der Waals surface area (Å²) < 4.78 is 48.7. The molecule has 0 heterocycles. The van der Waals surface area contributed by atoms with E-state index in [2.05, 4.69) is 6.92 Å². The first-order valence-corrected chi connectivity index (χ1v) is 41.8. The minimum Gasteiger partial charge on any atom is -0.395 e. The molecule has 12 aromatic carbocycles. The standard InChI is InChI=1S/C105H103NO15/c1-2-3-4-5-6-7-8-9-10-11-12-13-50-75-90(108)106(76-77-107)104(118-99(86-67-42-22-43-68-86)93(111)80-55-30-16-31-56-80,119-100(87-69-44-23-45-70-87)94(112)81-57-32-17-33-58-81)103(116-97(84-63-38-20-39-64-84)91(109)78-51-26-14-27-52-78,117-98(85-65-40-21-41-66-85)92(110)79-53-28-15-29-54-79)105(115,120-101(88-71-46-24-47-72-88)95(113)82-59-34-18-35-60-82)121-102(89-73-48-25-49-74-89)96(114)83-61-36-19-37-62-83/h14-49,51-74,97-102,107,115H,2-13,50,75-77H2,1H3. The quantitative estimate of drug-likeness (QED) is 0.0206. The van der Waals surface area contributed by atoms with Gasteiger partial charge in [-0.1, -0.05) is 448 Å². The summed E-state index contributed by atoms with van der Waals surface area (Å²) in [6.45, 7) is 0.137. The maximum atomic E-state index is 17.8. The third-order valence-corrected chi connectivity index (χ3v) is 21.4. The summed E-state index contributed by atoms with van der Waals surface area (Å²) in [6.07, 6.45) is -2.07. The zero-order valence-electron chi connectivity index (χ0n) is 68.1. The van der Waals surface area contributed by atoms with E-state index in [0.29, 0.717) is 12.8 Å². The third kappa shape index (κ3) is 22.5. The number of ether oxygens (including phenoxy) is 6. The highest BCUT2D eigenvalue weighted by atomic mass is 16.9.